The first-order valence-corrected chi connectivity index (χ1v) is 6.24. The van der Waals surface area contributed by atoms with E-state index in [-0.39, 0.29) is 0 Å². The minimum atomic E-state index is 0.539. The van der Waals surface area contributed by atoms with E-state index in [0.717, 1.165) is 18.8 Å². The molecule has 0 radical (unpaired) electrons. The van der Waals surface area contributed by atoms with Crippen LogP contribution in [0.2, 0.25) is 5.02 Å². The first-order valence-electron chi connectivity index (χ1n) is 5.86. The molecule has 1 fully saturated rings. The predicted molar refractivity (Wildman–Crippen MR) is 70.5 cm³/mol. The van der Waals surface area contributed by atoms with Crippen molar-refractivity contribution in [2.24, 2.45) is 0 Å². The van der Waals surface area contributed by atoms with Crippen LogP contribution in [0.5, 0.6) is 0 Å². The molecule has 0 spiro atoms. The van der Waals surface area contributed by atoms with Crippen LogP contribution in [0.15, 0.2) is 18.2 Å². The number of nitrogens with zero attached hydrogens (tertiary/aromatic N) is 2. The minimum Gasteiger partial charge on any atom is -0.370 e. The molecule has 3 nitrogen and oxygen atoms in total. The van der Waals surface area contributed by atoms with Gasteiger partial charge in [0.25, 0.3) is 0 Å². The van der Waals surface area contributed by atoms with Gasteiger partial charge in [-0.1, -0.05) is 11.6 Å². The Morgan fingerprint density at radius 2 is 2.35 bits per heavy atom. The van der Waals surface area contributed by atoms with Gasteiger partial charge in [0.05, 0.1) is 10.6 Å². The number of hydrogen-bond donors (Lipinski definition) is 1. The molecule has 90 valence electrons. The Balaban J connectivity index is 2.17. The van der Waals surface area contributed by atoms with Gasteiger partial charge in [0.1, 0.15) is 6.07 Å². The van der Waals surface area contributed by atoms with Crippen molar-refractivity contribution in [3.05, 3.63) is 28.8 Å². The van der Waals surface area contributed by atoms with Crippen molar-refractivity contribution in [3.63, 3.8) is 0 Å². The maximum Gasteiger partial charge on any atom is 0.101 e. The van der Waals surface area contributed by atoms with E-state index >= 15 is 0 Å². The Labute approximate surface area is 107 Å². The summed E-state index contributed by atoms with van der Waals surface area (Å²) < 4.78 is 0. The molecule has 1 aliphatic heterocycles. The van der Waals surface area contributed by atoms with Gasteiger partial charge in [-0.05, 0) is 38.1 Å². The average Bonchev–Trinajstić information content (AvgIpc) is 2.38. The molecule has 1 atom stereocenters. The van der Waals surface area contributed by atoms with Crippen molar-refractivity contribution in [2.45, 2.75) is 18.9 Å². The number of anilines is 1. The minimum absolute atomic E-state index is 0.539. The van der Waals surface area contributed by atoms with E-state index in [0.29, 0.717) is 16.6 Å². The second-order valence-electron chi connectivity index (χ2n) is 4.35. The number of benzene rings is 1. The van der Waals surface area contributed by atoms with Gasteiger partial charge in [0.15, 0.2) is 0 Å². The fraction of sp³-hybridized carbons (Fsp3) is 0.462. The van der Waals surface area contributed by atoms with Crippen molar-refractivity contribution < 1.29 is 0 Å². The fourth-order valence-electron chi connectivity index (χ4n) is 2.24. The number of halogens is 1. The molecule has 0 amide bonds. The molecule has 0 saturated carbocycles. The normalized spacial score (nSPS) is 20.1. The molecule has 1 saturated heterocycles. The lowest BCUT2D eigenvalue weighted by molar-refractivity contribution is 0.449. The Morgan fingerprint density at radius 3 is 3.00 bits per heavy atom. The maximum atomic E-state index is 8.84. The van der Waals surface area contributed by atoms with Crippen molar-refractivity contribution in [2.75, 3.05) is 25.0 Å². The molecule has 1 N–H and O–H groups in total. The average molecular weight is 250 g/mol. The highest BCUT2D eigenvalue weighted by atomic mass is 35.5. The predicted octanol–water partition coefficient (Wildman–Crippen LogP) is 2.40. The molecule has 1 aliphatic rings. The van der Waals surface area contributed by atoms with Crippen molar-refractivity contribution in [1.29, 1.82) is 5.26 Å². The largest absolute Gasteiger partial charge is 0.370 e. The van der Waals surface area contributed by atoms with E-state index in [4.69, 9.17) is 16.9 Å². The van der Waals surface area contributed by atoms with Gasteiger partial charge < -0.3 is 10.2 Å². The van der Waals surface area contributed by atoms with Crippen LogP contribution in [0.3, 0.4) is 0 Å². The SMILES string of the molecule is CNC1CCCN(c2ccc(C#N)c(Cl)c2)C1. The van der Waals surface area contributed by atoms with E-state index in [1.54, 1.807) is 6.07 Å². The molecule has 17 heavy (non-hydrogen) atoms. The molecule has 0 aromatic heterocycles. The summed E-state index contributed by atoms with van der Waals surface area (Å²) in [6.45, 7) is 2.05. The third kappa shape index (κ3) is 2.71. The molecule has 2 rings (SSSR count). The summed E-state index contributed by atoms with van der Waals surface area (Å²) in [4.78, 5) is 2.32. The number of nitrogens with one attached hydrogen (secondary N) is 1. The quantitative estimate of drug-likeness (QED) is 0.875. The van der Waals surface area contributed by atoms with Crippen LogP contribution < -0.4 is 10.2 Å². The summed E-state index contributed by atoms with van der Waals surface area (Å²) in [5, 5.41) is 12.7. The van der Waals surface area contributed by atoms with Gasteiger partial charge in [-0.2, -0.15) is 5.26 Å². The number of hydrogen-bond acceptors (Lipinski definition) is 3. The zero-order valence-corrected chi connectivity index (χ0v) is 10.7. The molecule has 1 heterocycles. The van der Waals surface area contributed by atoms with Crippen LogP contribution in [0.4, 0.5) is 5.69 Å². The van der Waals surface area contributed by atoms with Crippen LogP contribution in [-0.4, -0.2) is 26.2 Å². The van der Waals surface area contributed by atoms with Gasteiger partial charge in [-0.15, -0.1) is 0 Å². The molecule has 0 bridgehead atoms. The fourth-order valence-corrected chi connectivity index (χ4v) is 2.46. The summed E-state index contributed by atoms with van der Waals surface area (Å²) in [5.41, 5.74) is 1.64. The molecule has 0 aliphatic carbocycles. The highest BCUT2D eigenvalue weighted by molar-refractivity contribution is 6.32. The molecular formula is C13H16ClN3. The number of nitriles is 1. The zero-order valence-electron chi connectivity index (χ0n) is 9.91. The second-order valence-corrected chi connectivity index (χ2v) is 4.76. The summed E-state index contributed by atoms with van der Waals surface area (Å²) in [7, 11) is 2.00. The molecule has 4 heteroatoms. The third-order valence-corrected chi connectivity index (χ3v) is 3.58. The summed E-state index contributed by atoms with van der Waals surface area (Å²) >= 11 is 6.05. The maximum absolute atomic E-state index is 8.84. The van der Waals surface area contributed by atoms with E-state index in [2.05, 4.69) is 16.3 Å². The standard InChI is InChI=1S/C13H16ClN3/c1-16-11-3-2-6-17(9-11)12-5-4-10(8-15)13(14)7-12/h4-5,7,11,16H,2-3,6,9H2,1H3. The molecule has 1 aromatic rings. The van der Waals surface area contributed by atoms with E-state index in [1.807, 2.05) is 19.2 Å². The van der Waals surface area contributed by atoms with Gasteiger partial charge in [0.2, 0.25) is 0 Å². The van der Waals surface area contributed by atoms with Crippen LogP contribution in [0, 0.1) is 11.3 Å². The lowest BCUT2D eigenvalue weighted by atomic mass is 10.0. The van der Waals surface area contributed by atoms with Crippen molar-refractivity contribution in [1.82, 2.24) is 5.32 Å². The van der Waals surface area contributed by atoms with Crippen LogP contribution in [0.25, 0.3) is 0 Å². The highest BCUT2D eigenvalue weighted by Crippen LogP contribution is 2.25. The number of rotatable bonds is 2. The highest BCUT2D eigenvalue weighted by Gasteiger charge is 2.19. The Kier molecular flexibility index (Phi) is 3.88. The second kappa shape index (κ2) is 5.39. The Hall–Kier alpha value is -1.24. The van der Waals surface area contributed by atoms with Crippen molar-refractivity contribution in [3.8, 4) is 6.07 Å². The monoisotopic (exact) mass is 249 g/mol. The van der Waals surface area contributed by atoms with Gasteiger partial charge in [0, 0.05) is 24.8 Å². The van der Waals surface area contributed by atoms with Crippen molar-refractivity contribution >= 4 is 17.3 Å². The van der Waals surface area contributed by atoms with Crippen LogP contribution >= 0.6 is 11.6 Å². The van der Waals surface area contributed by atoms with Crippen LogP contribution in [-0.2, 0) is 0 Å². The Bertz CT molecular complexity index is 439. The zero-order chi connectivity index (χ0) is 12.3. The lowest BCUT2D eigenvalue weighted by Crippen LogP contribution is -2.44. The smallest absolute Gasteiger partial charge is 0.101 e. The van der Waals surface area contributed by atoms with E-state index in [9.17, 15) is 0 Å². The summed E-state index contributed by atoms with van der Waals surface area (Å²) in [6.07, 6.45) is 2.40. The number of likely N-dealkylation sites (N-methyl/N-ethyl adjacent to an activating group) is 1. The number of piperidine rings is 1. The molecule has 1 unspecified atom stereocenters. The van der Waals surface area contributed by atoms with Gasteiger partial charge >= 0.3 is 0 Å². The first-order chi connectivity index (χ1) is 8.24. The topological polar surface area (TPSA) is 39.1 Å². The first kappa shape index (κ1) is 12.2. The summed E-state index contributed by atoms with van der Waals surface area (Å²) in [5.74, 6) is 0. The summed E-state index contributed by atoms with van der Waals surface area (Å²) in [6, 6.07) is 8.28. The molecular weight excluding hydrogens is 234 g/mol. The van der Waals surface area contributed by atoms with Gasteiger partial charge in [-0.25, -0.2) is 0 Å². The molecule has 1 aromatic carbocycles. The Morgan fingerprint density at radius 1 is 1.53 bits per heavy atom. The van der Waals surface area contributed by atoms with Gasteiger partial charge in [-0.3, -0.25) is 0 Å². The van der Waals surface area contributed by atoms with Crippen LogP contribution in [0.1, 0.15) is 18.4 Å². The lowest BCUT2D eigenvalue weighted by Gasteiger charge is -2.34. The van der Waals surface area contributed by atoms with E-state index in [1.165, 1.54) is 12.8 Å². The van der Waals surface area contributed by atoms with E-state index < -0.39 is 0 Å². The third-order valence-electron chi connectivity index (χ3n) is 3.27.